The summed E-state index contributed by atoms with van der Waals surface area (Å²) >= 11 is 0. The summed E-state index contributed by atoms with van der Waals surface area (Å²) in [5.41, 5.74) is 0. The number of esters is 1. The Hall–Kier alpha value is -0.610. The van der Waals surface area contributed by atoms with E-state index >= 15 is 0 Å². The lowest BCUT2D eigenvalue weighted by atomic mass is 10.1. The van der Waals surface area contributed by atoms with E-state index in [1.165, 1.54) is 25.7 Å². The van der Waals surface area contributed by atoms with E-state index in [1.54, 1.807) is 0 Å². The van der Waals surface area contributed by atoms with Gasteiger partial charge in [0.15, 0.2) is 0 Å². The highest BCUT2D eigenvalue weighted by Crippen LogP contribution is 2.05. The Labute approximate surface area is 97.6 Å². The van der Waals surface area contributed by atoms with E-state index in [0.29, 0.717) is 6.61 Å². The predicted molar refractivity (Wildman–Crippen MR) is 62.0 cm³/mol. The molecule has 0 aromatic rings. The number of carbonyl (C=O) groups is 1. The van der Waals surface area contributed by atoms with Gasteiger partial charge in [-0.25, -0.2) is 0 Å². The fourth-order valence-corrected chi connectivity index (χ4v) is 1.38. The van der Waals surface area contributed by atoms with Gasteiger partial charge in [0.05, 0.1) is 25.7 Å². The van der Waals surface area contributed by atoms with Crippen molar-refractivity contribution in [2.45, 2.75) is 58.0 Å². The molecule has 0 saturated carbocycles. The maximum atomic E-state index is 11.1. The van der Waals surface area contributed by atoms with Gasteiger partial charge in [-0.2, -0.15) is 0 Å². The van der Waals surface area contributed by atoms with Gasteiger partial charge in [0.1, 0.15) is 0 Å². The van der Waals surface area contributed by atoms with Gasteiger partial charge < -0.3 is 14.9 Å². The Morgan fingerprint density at radius 2 is 1.81 bits per heavy atom. The second-order valence-electron chi connectivity index (χ2n) is 4.03. The van der Waals surface area contributed by atoms with Crippen molar-refractivity contribution in [3.05, 3.63) is 0 Å². The first-order chi connectivity index (χ1) is 7.70. The van der Waals surface area contributed by atoms with Crippen molar-refractivity contribution >= 4 is 5.97 Å². The van der Waals surface area contributed by atoms with Crippen LogP contribution in [0.1, 0.15) is 51.9 Å². The summed E-state index contributed by atoms with van der Waals surface area (Å²) in [5.74, 6) is -0.435. The number of aliphatic hydroxyl groups is 2. The van der Waals surface area contributed by atoms with Gasteiger partial charge in [-0.15, -0.1) is 0 Å². The van der Waals surface area contributed by atoms with Crippen molar-refractivity contribution < 1.29 is 19.7 Å². The first-order valence-electron chi connectivity index (χ1n) is 6.15. The molecule has 0 radical (unpaired) electrons. The SMILES string of the molecule is CCCCCCCCOC(=O)CC(O)CO. The minimum absolute atomic E-state index is 0.119. The highest BCUT2D eigenvalue weighted by Gasteiger charge is 2.10. The summed E-state index contributed by atoms with van der Waals surface area (Å²) in [6.45, 7) is 2.20. The molecule has 0 aliphatic heterocycles. The second kappa shape index (κ2) is 10.9. The zero-order valence-corrected chi connectivity index (χ0v) is 10.2. The summed E-state index contributed by atoms with van der Waals surface area (Å²) in [6.07, 6.45) is 5.78. The van der Waals surface area contributed by atoms with Crippen LogP contribution in [0.15, 0.2) is 0 Å². The molecular weight excluding hydrogens is 208 g/mol. The number of ether oxygens (including phenoxy) is 1. The Morgan fingerprint density at radius 1 is 1.19 bits per heavy atom. The van der Waals surface area contributed by atoms with Gasteiger partial charge in [-0.05, 0) is 6.42 Å². The third kappa shape index (κ3) is 9.93. The minimum Gasteiger partial charge on any atom is -0.466 e. The van der Waals surface area contributed by atoms with E-state index in [0.717, 1.165) is 12.8 Å². The third-order valence-corrected chi connectivity index (χ3v) is 2.37. The van der Waals surface area contributed by atoms with E-state index in [2.05, 4.69) is 6.92 Å². The average Bonchev–Trinajstić information content (AvgIpc) is 2.27. The molecule has 0 fully saturated rings. The summed E-state index contributed by atoms with van der Waals surface area (Å²) in [4.78, 5) is 11.1. The van der Waals surface area contributed by atoms with E-state index in [1.807, 2.05) is 0 Å². The van der Waals surface area contributed by atoms with Crippen molar-refractivity contribution in [2.75, 3.05) is 13.2 Å². The first-order valence-corrected chi connectivity index (χ1v) is 6.15. The number of carbonyl (C=O) groups excluding carboxylic acids is 1. The largest absolute Gasteiger partial charge is 0.466 e. The lowest BCUT2D eigenvalue weighted by molar-refractivity contribution is -0.146. The molecule has 1 unspecified atom stereocenters. The van der Waals surface area contributed by atoms with E-state index in [-0.39, 0.29) is 6.42 Å². The second-order valence-corrected chi connectivity index (χ2v) is 4.03. The summed E-state index contributed by atoms with van der Waals surface area (Å²) in [7, 11) is 0. The lowest BCUT2D eigenvalue weighted by Crippen LogP contribution is -2.19. The summed E-state index contributed by atoms with van der Waals surface area (Å²) < 4.78 is 4.91. The van der Waals surface area contributed by atoms with Gasteiger partial charge >= 0.3 is 5.97 Å². The third-order valence-electron chi connectivity index (χ3n) is 2.37. The van der Waals surface area contributed by atoms with Crippen molar-refractivity contribution in [3.8, 4) is 0 Å². The molecule has 0 saturated heterocycles. The quantitative estimate of drug-likeness (QED) is 0.444. The van der Waals surface area contributed by atoms with Crippen molar-refractivity contribution in [1.82, 2.24) is 0 Å². The van der Waals surface area contributed by atoms with Crippen molar-refractivity contribution in [2.24, 2.45) is 0 Å². The number of aliphatic hydroxyl groups excluding tert-OH is 2. The number of unbranched alkanes of at least 4 members (excludes halogenated alkanes) is 5. The molecule has 0 aliphatic rings. The normalized spacial score (nSPS) is 12.4. The maximum absolute atomic E-state index is 11.1. The van der Waals surface area contributed by atoms with Gasteiger partial charge in [0.2, 0.25) is 0 Å². The van der Waals surface area contributed by atoms with Crippen LogP contribution in [0.25, 0.3) is 0 Å². The molecule has 4 nitrogen and oxygen atoms in total. The number of hydrogen-bond acceptors (Lipinski definition) is 4. The molecule has 0 aliphatic carbocycles. The topological polar surface area (TPSA) is 66.8 Å². The van der Waals surface area contributed by atoms with E-state index in [4.69, 9.17) is 14.9 Å². The van der Waals surface area contributed by atoms with Gasteiger partial charge in [0.25, 0.3) is 0 Å². The average molecular weight is 232 g/mol. The molecule has 0 rings (SSSR count). The molecule has 0 aromatic carbocycles. The van der Waals surface area contributed by atoms with Crippen LogP contribution < -0.4 is 0 Å². The molecule has 4 heteroatoms. The van der Waals surface area contributed by atoms with Gasteiger partial charge in [-0.3, -0.25) is 4.79 Å². The summed E-state index contributed by atoms with van der Waals surface area (Å²) in [5, 5.41) is 17.5. The Morgan fingerprint density at radius 3 is 2.44 bits per heavy atom. The molecule has 96 valence electrons. The Balaban J connectivity index is 3.21. The highest BCUT2D eigenvalue weighted by molar-refractivity contribution is 5.69. The molecule has 0 aromatic heterocycles. The van der Waals surface area contributed by atoms with Gasteiger partial charge in [0, 0.05) is 0 Å². The zero-order chi connectivity index (χ0) is 12.2. The van der Waals surface area contributed by atoms with E-state index < -0.39 is 18.7 Å². The predicted octanol–water partition coefficient (Wildman–Crippen LogP) is 1.63. The fourth-order valence-electron chi connectivity index (χ4n) is 1.38. The van der Waals surface area contributed by atoms with Crippen LogP contribution in [-0.2, 0) is 9.53 Å². The summed E-state index contributed by atoms with van der Waals surface area (Å²) in [6, 6.07) is 0. The fraction of sp³-hybridized carbons (Fsp3) is 0.917. The first kappa shape index (κ1) is 15.4. The molecule has 0 amide bonds. The Bertz CT molecular complexity index is 170. The van der Waals surface area contributed by atoms with Crippen LogP contribution in [0, 0.1) is 0 Å². The lowest BCUT2D eigenvalue weighted by Gasteiger charge is -2.07. The van der Waals surface area contributed by atoms with Crippen LogP contribution in [0.5, 0.6) is 0 Å². The van der Waals surface area contributed by atoms with Crippen LogP contribution >= 0.6 is 0 Å². The van der Waals surface area contributed by atoms with E-state index in [9.17, 15) is 4.79 Å². The number of rotatable bonds is 10. The molecule has 16 heavy (non-hydrogen) atoms. The molecule has 1 atom stereocenters. The van der Waals surface area contributed by atoms with Crippen molar-refractivity contribution in [3.63, 3.8) is 0 Å². The van der Waals surface area contributed by atoms with Crippen LogP contribution in [0.3, 0.4) is 0 Å². The smallest absolute Gasteiger partial charge is 0.308 e. The Kier molecular flexibility index (Phi) is 10.5. The van der Waals surface area contributed by atoms with Crippen LogP contribution in [0.2, 0.25) is 0 Å². The molecule has 0 bridgehead atoms. The van der Waals surface area contributed by atoms with Crippen molar-refractivity contribution in [1.29, 1.82) is 0 Å². The van der Waals surface area contributed by atoms with Crippen LogP contribution in [0.4, 0.5) is 0 Å². The minimum atomic E-state index is -0.989. The molecule has 2 N–H and O–H groups in total. The highest BCUT2D eigenvalue weighted by atomic mass is 16.5. The van der Waals surface area contributed by atoms with Gasteiger partial charge in [-0.1, -0.05) is 39.0 Å². The molecular formula is C12H24O4. The zero-order valence-electron chi connectivity index (χ0n) is 10.2. The standard InChI is InChI=1S/C12H24O4/c1-2-3-4-5-6-7-8-16-12(15)9-11(14)10-13/h11,13-14H,2-10H2,1H3. The molecule has 0 spiro atoms. The maximum Gasteiger partial charge on any atom is 0.308 e. The van der Waals surface area contributed by atoms with Crippen LogP contribution in [-0.4, -0.2) is 35.5 Å². The number of hydrogen-bond donors (Lipinski definition) is 2. The molecule has 0 heterocycles. The monoisotopic (exact) mass is 232 g/mol.